The highest BCUT2D eigenvalue weighted by atomic mass is 15.0. The van der Waals surface area contributed by atoms with Gasteiger partial charge in [-0.15, -0.1) is 0 Å². The van der Waals surface area contributed by atoms with Crippen molar-refractivity contribution in [2.24, 2.45) is 15.7 Å². The first-order valence-corrected chi connectivity index (χ1v) is 13.6. The zero-order chi connectivity index (χ0) is 27.5. The summed E-state index contributed by atoms with van der Waals surface area (Å²) in [5.41, 5.74) is 14.2. The van der Waals surface area contributed by atoms with Crippen LogP contribution in [0.25, 0.3) is 32.7 Å². The Morgan fingerprint density at radius 1 is 0.575 bits per heavy atom. The smallest absolute Gasteiger partial charge is 0.157 e. The fourth-order valence-electron chi connectivity index (χ4n) is 5.04. The molecule has 0 saturated heterocycles. The van der Waals surface area contributed by atoms with Gasteiger partial charge in [0.1, 0.15) is 5.84 Å². The minimum Gasteiger partial charge on any atom is -0.383 e. The molecule has 0 aliphatic rings. The van der Waals surface area contributed by atoms with Gasteiger partial charge in [-0.05, 0) is 52.1 Å². The number of hydrogen-bond donors (Lipinski definition) is 1. The maximum absolute atomic E-state index is 6.47. The number of aliphatic imine (C=N–C) groups is 2. The van der Waals surface area contributed by atoms with E-state index in [1.54, 1.807) is 0 Å². The predicted molar refractivity (Wildman–Crippen MR) is 170 cm³/mol. The first kappa shape index (κ1) is 25.3. The number of rotatable bonds is 5. The molecule has 0 atom stereocenters. The zero-order valence-electron chi connectivity index (χ0n) is 22.8. The van der Waals surface area contributed by atoms with E-state index in [2.05, 4.69) is 117 Å². The highest BCUT2D eigenvalue weighted by Gasteiger charge is 2.10. The van der Waals surface area contributed by atoms with Crippen molar-refractivity contribution in [3.8, 4) is 11.1 Å². The first-order chi connectivity index (χ1) is 19.5. The van der Waals surface area contributed by atoms with Gasteiger partial charge in [0.05, 0.1) is 6.54 Å². The van der Waals surface area contributed by atoms with Gasteiger partial charge in [-0.2, -0.15) is 0 Å². The molecule has 3 heteroatoms. The van der Waals surface area contributed by atoms with E-state index >= 15 is 0 Å². The van der Waals surface area contributed by atoms with Crippen LogP contribution in [0.3, 0.4) is 0 Å². The molecule has 0 unspecified atom stereocenters. The van der Waals surface area contributed by atoms with Crippen molar-refractivity contribution in [3.63, 3.8) is 0 Å². The Labute approximate surface area is 235 Å². The lowest BCUT2D eigenvalue weighted by atomic mass is 9.94. The lowest BCUT2D eigenvalue weighted by molar-refractivity contribution is 1.06. The second-order valence-corrected chi connectivity index (χ2v) is 10.3. The molecule has 0 aromatic heterocycles. The van der Waals surface area contributed by atoms with Crippen LogP contribution in [0.15, 0.2) is 137 Å². The number of hydrogen-bond acceptors (Lipinski definition) is 1. The lowest BCUT2D eigenvalue weighted by Gasteiger charge is -2.11. The van der Waals surface area contributed by atoms with Crippen LogP contribution in [0.2, 0.25) is 0 Å². The van der Waals surface area contributed by atoms with E-state index < -0.39 is 0 Å². The monoisotopic (exact) mass is 517 g/mol. The number of benzene rings is 6. The standard InChI is InChI=1S/C37H31N3/c1-25-10-14-27(15-11-25)24-39-37(40-36(38)30-16-12-26(2)13-17-30)31-20-18-29(19-21-31)33-8-5-9-34-32-7-4-3-6-28(32)22-23-35(33)34/h3-23H,24H2,1-2H3,(H2,38,39,40). The molecule has 0 fully saturated rings. The largest absolute Gasteiger partial charge is 0.383 e. The van der Waals surface area contributed by atoms with Crippen molar-refractivity contribution in [1.82, 2.24) is 0 Å². The Kier molecular flexibility index (Phi) is 6.95. The molecule has 0 spiro atoms. The van der Waals surface area contributed by atoms with E-state index in [0.717, 1.165) is 22.3 Å². The van der Waals surface area contributed by atoms with Gasteiger partial charge in [0.2, 0.25) is 0 Å². The average molecular weight is 518 g/mol. The molecule has 6 aromatic carbocycles. The number of aryl methyl sites for hydroxylation is 2. The second kappa shape index (κ2) is 11.0. The summed E-state index contributed by atoms with van der Waals surface area (Å²) in [5.74, 6) is 1.07. The Morgan fingerprint density at radius 2 is 1.23 bits per heavy atom. The molecule has 0 heterocycles. The molecular formula is C37H31N3. The molecule has 3 nitrogen and oxygen atoms in total. The van der Waals surface area contributed by atoms with E-state index in [1.165, 1.54) is 38.2 Å². The SMILES string of the molecule is Cc1ccc(CN=C(N=C(N)c2ccc(C)cc2)c2ccc(-c3cccc4c3ccc3ccccc34)cc2)cc1. The van der Waals surface area contributed by atoms with Gasteiger partial charge in [0.15, 0.2) is 5.84 Å². The molecule has 0 aliphatic heterocycles. The zero-order valence-corrected chi connectivity index (χ0v) is 22.8. The van der Waals surface area contributed by atoms with Crippen molar-refractivity contribution < 1.29 is 0 Å². The highest BCUT2D eigenvalue weighted by Crippen LogP contribution is 2.33. The molecule has 0 aliphatic carbocycles. The Hall–Kier alpha value is -5.02. The van der Waals surface area contributed by atoms with Crippen LogP contribution in [-0.2, 0) is 6.54 Å². The van der Waals surface area contributed by atoms with Crippen LogP contribution < -0.4 is 5.73 Å². The molecule has 194 valence electrons. The summed E-state index contributed by atoms with van der Waals surface area (Å²) >= 11 is 0. The van der Waals surface area contributed by atoms with Gasteiger partial charge in [-0.3, -0.25) is 4.99 Å². The van der Waals surface area contributed by atoms with E-state index in [9.17, 15) is 0 Å². The third kappa shape index (κ3) is 5.27. The van der Waals surface area contributed by atoms with Gasteiger partial charge in [-0.1, -0.05) is 139 Å². The maximum atomic E-state index is 6.47. The Morgan fingerprint density at radius 3 is 1.98 bits per heavy atom. The summed E-state index contributed by atoms with van der Waals surface area (Å²) in [6.45, 7) is 4.68. The lowest BCUT2D eigenvalue weighted by Crippen LogP contribution is -2.16. The van der Waals surface area contributed by atoms with Crippen molar-refractivity contribution >= 4 is 33.2 Å². The normalized spacial score (nSPS) is 12.2. The quantitative estimate of drug-likeness (QED) is 0.139. The molecule has 0 bridgehead atoms. The predicted octanol–water partition coefficient (Wildman–Crippen LogP) is 8.63. The van der Waals surface area contributed by atoms with Gasteiger partial charge < -0.3 is 5.73 Å². The van der Waals surface area contributed by atoms with Crippen molar-refractivity contribution in [3.05, 3.63) is 155 Å². The molecule has 2 N–H and O–H groups in total. The molecule has 40 heavy (non-hydrogen) atoms. The number of amidine groups is 2. The van der Waals surface area contributed by atoms with Gasteiger partial charge in [-0.25, -0.2) is 4.99 Å². The van der Waals surface area contributed by atoms with Crippen molar-refractivity contribution in [1.29, 1.82) is 0 Å². The van der Waals surface area contributed by atoms with Gasteiger partial charge >= 0.3 is 0 Å². The molecule has 0 amide bonds. The third-order valence-corrected chi connectivity index (χ3v) is 7.35. The molecular weight excluding hydrogens is 486 g/mol. The van der Waals surface area contributed by atoms with E-state index in [1.807, 2.05) is 24.3 Å². The summed E-state index contributed by atoms with van der Waals surface area (Å²) in [6, 6.07) is 44.5. The van der Waals surface area contributed by atoms with Gasteiger partial charge in [0.25, 0.3) is 0 Å². The van der Waals surface area contributed by atoms with Crippen molar-refractivity contribution in [2.75, 3.05) is 0 Å². The van der Waals surface area contributed by atoms with E-state index in [0.29, 0.717) is 18.2 Å². The summed E-state index contributed by atoms with van der Waals surface area (Å²) in [5, 5.41) is 5.02. The van der Waals surface area contributed by atoms with Crippen LogP contribution in [0, 0.1) is 13.8 Å². The van der Waals surface area contributed by atoms with Crippen LogP contribution in [-0.4, -0.2) is 11.7 Å². The van der Waals surface area contributed by atoms with Crippen LogP contribution in [0.5, 0.6) is 0 Å². The second-order valence-electron chi connectivity index (χ2n) is 10.3. The molecule has 0 radical (unpaired) electrons. The summed E-state index contributed by atoms with van der Waals surface area (Å²) in [6.07, 6.45) is 0. The third-order valence-electron chi connectivity index (χ3n) is 7.35. The van der Waals surface area contributed by atoms with E-state index in [-0.39, 0.29) is 0 Å². The van der Waals surface area contributed by atoms with E-state index in [4.69, 9.17) is 15.7 Å². The number of fused-ring (bicyclic) bond motifs is 3. The number of nitrogens with two attached hydrogens (primary N) is 1. The molecule has 0 saturated carbocycles. The van der Waals surface area contributed by atoms with Crippen LogP contribution >= 0.6 is 0 Å². The molecule has 6 rings (SSSR count). The Balaban J connectivity index is 1.38. The topological polar surface area (TPSA) is 50.7 Å². The summed E-state index contributed by atoms with van der Waals surface area (Å²) < 4.78 is 0. The van der Waals surface area contributed by atoms with Crippen LogP contribution in [0.1, 0.15) is 27.8 Å². The van der Waals surface area contributed by atoms with Crippen LogP contribution in [0.4, 0.5) is 0 Å². The highest BCUT2D eigenvalue weighted by molar-refractivity contribution is 6.13. The molecule has 6 aromatic rings. The maximum Gasteiger partial charge on any atom is 0.157 e. The minimum atomic E-state index is 0.452. The fourth-order valence-corrected chi connectivity index (χ4v) is 5.04. The first-order valence-electron chi connectivity index (χ1n) is 13.6. The summed E-state index contributed by atoms with van der Waals surface area (Å²) in [4.78, 5) is 9.72. The van der Waals surface area contributed by atoms with Crippen molar-refractivity contribution in [2.45, 2.75) is 20.4 Å². The summed E-state index contributed by atoms with van der Waals surface area (Å²) in [7, 11) is 0. The Bertz CT molecular complexity index is 1860. The minimum absolute atomic E-state index is 0.452. The average Bonchev–Trinajstić information content (AvgIpc) is 3.00. The number of nitrogens with zero attached hydrogens (tertiary/aromatic N) is 2. The fraction of sp³-hybridized carbons (Fsp3) is 0.0811. The van der Waals surface area contributed by atoms with Gasteiger partial charge in [0, 0.05) is 11.1 Å².